The SMILES string of the molecule is CCc1nn(C)cc1CNC(C)c1ccncc1. The average molecular weight is 244 g/mol. The summed E-state index contributed by atoms with van der Waals surface area (Å²) in [5.41, 5.74) is 3.71. The predicted molar refractivity (Wildman–Crippen MR) is 72.1 cm³/mol. The van der Waals surface area contributed by atoms with E-state index in [9.17, 15) is 0 Å². The molecule has 0 fully saturated rings. The van der Waals surface area contributed by atoms with Crippen molar-refractivity contribution >= 4 is 0 Å². The third-order valence-electron chi connectivity index (χ3n) is 3.13. The highest BCUT2D eigenvalue weighted by molar-refractivity contribution is 5.18. The maximum atomic E-state index is 4.45. The molecular formula is C14H20N4. The smallest absolute Gasteiger partial charge is 0.0666 e. The zero-order chi connectivity index (χ0) is 13.0. The summed E-state index contributed by atoms with van der Waals surface area (Å²) >= 11 is 0. The Morgan fingerprint density at radius 2 is 2.06 bits per heavy atom. The van der Waals surface area contributed by atoms with Crippen molar-refractivity contribution in [3.63, 3.8) is 0 Å². The highest BCUT2D eigenvalue weighted by atomic mass is 15.3. The lowest BCUT2D eigenvalue weighted by atomic mass is 10.1. The molecular weight excluding hydrogens is 224 g/mol. The number of aromatic nitrogens is 3. The van der Waals surface area contributed by atoms with Gasteiger partial charge in [0.05, 0.1) is 5.69 Å². The van der Waals surface area contributed by atoms with Gasteiger partial charge in [0.1, 0.15) is 0 Å². The van der Waals surface area contributed by atoms with Crippen molar-refractivity contribution in [2.75, 3.05) is 0 Å². The van der Waals surface area contributed by atoms with Crippen LogP contribution in [-0.4, -0.2) is 14.8 Å². The van der Waals surface area contributed by atoms with Gasteiger partial charge < -0.3 is 5.32 Å². The van der Waals surface area contributed by atoms with Crippen LogP contribution in [-0.2, 0) is 20.0 Å². The van der Waals surface area contributed by atoms with E-state index in [-0.39, 0.29) is 0 Å². The van der Waals surface area contributed by atoms with Gasteiger partial charge in [0.15, 0.2) is 0 Å². The van der Waals surface area contributed by atoms with E-state index in [4.69, 9.17) is 0 Å². The van der Waals surface area contributed by atoms with Crippen LogP contribution in [0.4, 0.5) is 0 Å². The molecule has 2 heterocycles. The van der Waals surface area contributed by atoms with Gasteiger partial charge in [-0.15, -0.1) is 0 Å². The Balaban J connectivity index is 1.99. The standard InChI is InChI=1S/C14H20N4/c1-4-14-13(10-18(3)17-14)9-16-11(2)12-5-7-15-8-6-12/h5-8,10-11,16H,4,9H2,1-3H3. The van der Waals surface area contributed by atoms with Crippen LogP contribution in [0.3, 0.4) is 0 Å². The molecule has 96 valence electrons. The van der Waals surface area contributed by atoms with Gasteiger partial charge in [-0.1, -0.05) is 6.92 Å². The predicted octanol–water partition coefficient (Wildman–Crippen LogP) is 2.23. The van der Waals surface area contributed by atoms with Gasteiger partial charge in [0.25, 0.3) is 0 Å². The fourth-order valence-corrected chi connectivity index (χ4v) is 2.06. The molecule has 0 aliphatic heterocycles. The fourth-order valence-electron chi connectivity index (χ4n) is 2.06. The molecule has 0 aliphatic carbocycles. The van der Waals surface area contributed by atoms with Crippen molar-refractivity contribution in [2.24, 2.45) is 7.05 Å². The zero-order valence-corrected chi connectivity index (χ0v) is 11.2. The summed E-state index contributed by atoms with van der Waals surface area (Å²) in [7, 11) is 1.97. The molecule has 0 saturated carbocycles. The molecule has 0 bridgehead atoms. The number of aryl methyl sites for hydroxylation is 2. The molecule has 2 aromatic rings. The molecule has 0 saturated heterocycles. The Kier molecular flexibility index (Phi) is 4.10. The van der Waals surface area contributed by atoms with Crippen molar-refractivity contribution in [2.45, 2.75) is 32.9 Å². The lowest BCUT2D eigenvalue weighted by Crippen LogP contribution is -2.18. The topological polar surface area (TPSA) is 42.7 Å². The second kappa shape index (κ2) is 5.78. The minimum absolute atomic E-state index is 0.318. The van der Waals surface area contributed by atoms with E-state index in [0.29, 0.717) is 6.04 Å². The zero-order valence-electron chi connectivity index (χ0n) is 11.2. The van der Waals surface area contributed by atoms with Crippen LogP contribution in [0.2, 0.25) is 0 Å². The third-order valence-corrected chi connectivity index (χ3v) is 3.13. The van der Waals surface area contributed by atoms with Crippen LogP contribution in [0.25, 0.3) is 0 Å². The van der Waals surface area contributed by atoms with Crippen molar-refractivity contribution in [1.29, 1.82) is 0 Å². The highest BCUT2D eigenvalue weighted by Crippen LogP contribution is 2.13. The number of pyridine rings is 1. The van der Waals surface area contributed by atoms with Gasteiger partial charge in [-0.25, -0.2) is 0 Å². The van der Waals surface area contributed by atoms with Crippen LogP contribution in [0.15, 0.2) is 30.7 Å². The lowest BCUT2D eigenvalue weighted by molar-refractivity contribution is 0.572. The molecule has 2 aromatic heterocycles. The van der Waals surface area contributed by atoms with Gasteiger partial charge >= 0.3 is 0 Å². The van der Waals surface area contributed by atoms with Crippen LogP contribution in [0, 0.1) is 0 Å². The summed E-state index contributed by atoms with van der Waals surface area (Å²) in [6.07, 6.45) is 6.72. The first-order chi connectivity index (χ1) is 8.70. The first-order valence-corrected chi connectivity index (χ1v) is 6.35. The molecule has 0 aromatic carbocycles. The van der Waals surface area contributed by atoms with Gasteiger partial charge in [-0.2, -0.15) is 5.10 Å². The maximum Gasteiger partial charge on any atom is 0.0666 e. The van der Waals surface area contributed by atoms with E-state index in [0.717, 1.165) is 13.0 Å². The molecule has 0 spiro atoms. The quantitative estimate of drug-likeness (QED) is 0.877. The molecule has 18 heavy (non-hydrogen) atoms. The van der Waals surface area contributed by atoms with E-state index < -0.39 is 0 Å². The number of nitrogens with zero attached hydrogens (tertiary/aromatic N) is 3. The minimum Gasteiger partial charge on any atom is -0.306 e. The number of nitrogens with one attached hydrogen (secondary N) is 1. The molecule has 2 rings (SSSR count). The van der Waals surface area contributed by atoms with Crippen molar-refractivity contribution in [3.8, 4) is 0 Å². The van der Waals surface area contributed by atoms with E-state index in [2.05, 4.69) is 35.4 Å². The summed E-state index contributed by atoms with van der Waals surface area (Å²) in [5.74, 6) is 0. The van der Waals surface area contributed by atoms with E-state index >= 15 is 0 Å². The second-order valence-electron chi connectivity index (χ2n) is 4.51. The average Bonchev–Trinajstić information content (AvgIpc) is 2.77. The molecule has 4 heteroatoms. The normalized spacial score (nSPS) is 12.6. The van der Waals surface area contributed by atoms with Crippen LogP contribution in [0.5, 0.6) is 0 Å². The van der Waals surface area contributed by atoms with Crippen LogP contribution in [0.1, 0.15) is 36.7 Å². The summed E-state index contributed by atoms with van der Waals surface area (Å²) in [6, 6.07) is 4.40. The summed E-state index contributed by atoms with van der Waals surface area (Å²) in [4.78, 5) is 4.04. The first-order valence-electron chi connectivity index (χ1n) is 6.35. The number of hydrogen-bond donors (Lipinski definition) is 1. The summed E-state index contributed by atoms with van der Waals surface area (Å²) in [6.45, 7) is 5.15. The molecule has 0 amide bonds. The van der Waals surface area contributed by atoms with E-state index in [1.54, 1.807) is 0 Å². The largest absolute Gasteiger partial charge is 0.306 e. The highest BCUT2D eigenvalue weighted by Gasteiger charge is 2.08. The summed E-state index contributed by atoms with van der Waals surface area (Å²) in [5, 5.41) is 7.97. The maximum absolute atomic E-state index is 4.45. The first kappa shape index (κ1) is 12.8. The Labute approximate surface area is 108 Å². The Morgan fingerprint density at radius 1 is 1.33 bits per heavy atom. The number of rotatable bonds is 5. The second-order valence-corrected chi connectivity index (χ2v) is 4.51. The molecule has 1 unspecified atom stereocenters. The van der Waals surface area contributed by atoms with Crippen LogP contribution < -0.4 is 5.32 Å². The molecule has 1 atom stereocenters. The summed E-state index contributed by atoms with van der Waals surface area (Å²) < 4.78 is 1.88. The molecule has 0 aliphatic rings. The van der Waals surface area contributed by atoms with Crippen molar-refractivity contribution < 1.29 is 0 Å². The van der Waals surface area contributed by atoms with Gasteiger partial charge in [-0.05, 0) is 31.0 Å². The Morgan fingerprint density at radius 3 is 2.72 bits per heavy atom. The van der Waals surface area contributed by atoms with E-state index in [1.807, 2.05) is 36.3 Å². The fraction of sp³-hybridized carbons (Fsp3) is 0.429. The monoisotopic (exact) mass is 244 g/mol. The number of hydrogen-bond acceptors (Lipinski definition) is 3. The minimum atomic E-state index is 0.318. The van der Waals surface area contributed by atoms with Gasteiger partial charge in [0, 0.05) is 43.8 Å². The lowest BCUT2D eigenvalue weighted by Gasteiger charge is -2.13. The molecule has 1 N–H and O–H groups in total. The van der Waals surface area contributed by atoms with Gasteiger partial charge in [-0.3, -0.25) is 9.67 Å². The Hall–Kier alpha value is -1.68. The molecule has 4 nitrogen and oxygen atoms in total. The van der Waals surface area contributed by atoms with Crippen molar-refractivity contribution in [1.82, 2.24) is 20.1 Å². The third kappa shape index (κ3) is 2.96. The van der Waals surface area contributed by atoms with E-state index in [1.165, 1.54) is 16.8 Å². The van der Waals surface area contributed by atoms with Gasteiger partial charge in [0.2, 0.25) is 0 Å². The Bertz CT molecular complexity index is 490. The molecule has 0 radical (unpaired) electrons. The van der Waals surface area contributed by atoms with Crippen molar-refractivity contribution in [3.05, 3.63) is 47.5 Å². The van der Waals surface area contributed by atoms with Crippen LogP contribution >= 0.6 is 0 Å².